The average molecular weight is 757 g/mol. The fourth-order valence-corrected chi connectivity index (χ4v) is 11.2. The Bertz CT molecular complexity index is 2820. The largest absolute Gasteiger partial charge is 0.343 e. The molecule has 0 radical (unpaired) electrons. The van der Waals surface area contributed by atoms with E-state index in [0.29, 0.717) is 16.7 Å². The minimum atomic E-state index is -0.128. The molecule has 0 amide bonds. The molecule has 0 saturated heterocycles. The second-order valence-corrected chi connectivity index (χ2v) is 18.5. The molecule has 8 aromatic carbocycles. The second kappa shape index (κ2) is 13.6. The Morgan fingerprint density at radius 3 is 1.93 bits per heavy atom. The summed E-state index contributed by atoms with van der Waals surface area (Å²) < 4.78 is 15.2. The van der Waals surface area contributed by atoms with Gasteiger partial charge in [0.1, 0.15) is 5.82 Å². The smallest absolute Gasteiger partial charge is 0.138 e. The van der Waals surface area contributed by atoms with Gasteiger partial charge < -0.3 is 9.80 Å². The zero-order valence-electron chi connectivity index (χ0n) is 32.5. The Hall–Kier alpha value is -4.97. The molecule has 0 spiro atoms. The first kappa shape index (κ1) is 35.7. The molecule has 0 fully saturated rings. The first-order valence-corrected chi connectivity index (χ1v) is 20.8. The van der Waals surface area contributed by atoms with Crippen molar-refractivity contribution in [2.45, 2.75) is 66.5 Å². The van der Waals surface area contributed by atoms with E-state index < -0.39 is 0 Å². The van der Waals surface area contributed by atoms with Crippen LogP contribution < -0.4 is 9.80 Å². The number of halogens is 1. The van der Waals surface area contributed by atoms with Crippen LogP contribution in [0.4, 0.5) is 27.1 Å². The second-order valence-electron chi connectivity index (χ2n) is 16.4. The highest BCUT2D eigenvalue weighted by molar-refractivity contribution is 8.00. The summed E-state index contributed by atoms with van der Waals surface area (Å²) in [6, 6.07) is 44.8. The van der Waals surface area contributed by atoms with Gasteiger partial charge in [0, 0.05) is 55.2 Å². The monoisotopic (exact) mass is 756 g/mol. The minimum absolute atomic E-state index is 0.128. The van der Waals surface area contributed by atoms with Gasteiger partial charge in [-0.15, -0.1) is 0 Å². The van der Waals surface area contributed by atoms with Gasteiger partial charge in [-0.25, -0.2) is 4.39 Å². The third-order valence-electron chi connectivity index (χ3n) is 11.0. The Morgan fingerprint density at radius 1 is 0.545 bits per heavy atom. The predicted octanol–water partition coefficient (Wildman–Crippen LogP) is 15.3. The summed E-state index contributed by atoms with van der Waals surface area (Å²) in [6.45, 7) is 11.4. The third kappa shape index (κ3) is 6.13. The van der Waals surface area contributed by atoms with E-state index >= 15 is 4.39 Å². The van der Waals surface area contributed by atoms with E-state index in [1.807, 2.05) is 48.2 Å². The maximum absolute atomic E-state index is 15.2. The molecule has 0 unspecified atom stereocenters. The molecule has 55 heavy (non-hydrogen) atoms. The molecule has 0 aromatic heterocycles. The lowest BCUT2D eigenvalue weighted by atomic mass is 9.85. The van der Waals surface area contributed by atoms with Crippen molar-refractivity contribution in [3.8, 4) is 0 Å². The van der Waals surface area contributed by atoms with E-state index in [2.05, 4.69) is 150 Å². The quantitative estimate of drug-likeness (QED) is 0.162. The van der Waals surface area contributed by atoms with Crippen LogP contribution in [0.25, 0.3) is 43.1 Å². The molecule has 5 heteroatoms. The first-order chi connectivity index (χ1) is 26.5. The number of fused-ring (bicyclic) bond motifs is 10. The van der Waals surface area contributed by atoms with Gasteiger partial charge in [-0.1, -0.05) is 149 Å². The summed E-state index contributed by atoms with van der Waals surface area (Å²) >= 11 is 3.72. The lowest BCUT2D eigenvalue weighted by Gasteiger charge is -2.34. The molecule has 274 valence electrons. The fraction of sp³-hybridized carbons (Fsp3) is 0.200. The van der Waals surface area contributed by atoms with Crippen LogP contribution in [0.1, 0.15) is 51.7 Å². The van der Waals surface area contributed by atoms with E-state index in [1.54, 1.807) is 11.8 Å². The highest BCUT2D eigenvalue weighted by atomic mass is 32.2. The summed E-state index contributed by atoms with van der Waals surface area (Å²) in [4.78, 5) is 9.82. The van der Waals surface area contributed by atoms with Crippen LogP contribution in [0.3, 0.4) is 0 Å². The Labute approximate surface area is 332 Å². The van der Waals surface area contributed by atoms with Crippen LogP contribution in [0.2, 0.25) is 0 Å². The summed E-state index contributed by atoms with van der Waals surface area (Å²) in [5.41, 5.74) is 8.07. The van der Waals surface area contributed by atoms with E-state index in [4.69, 9.17) is 0 Å². The van der Waals surface area contributed by atoms with Crippen molar-refractivity contribution in [2.24, 2.45) is 5.41 Å². The van der Waals surface area contributed by atoms with Crippen molar-refractivity contribution in [2.75, 3.05) is 23.9 Å². The minimum Gasteiger partial charge on any atom is -0.343 e. The molecular weight excluding hydrogens is 712 g/mol. The van der Waals surface area contributed by atoms with Gasteiger partial charge >= 0.3 is 0 Å². The predicted molar refractivity (Wildman–Crippen MR) is 237 cm³/mol. The van der Waals surface area contributed by atoms with Gasteiger partial charge in [-0.05, 0) is 86.8 Å². The third-order valence-corrected chi connectivity index (χ3v) is 13.5. The Morgan fingerprint density at radius 2 is 1.20 bits per heavy atom. The molecule has 2 nitrogen and oxygen atoms in total. The maximum Gasteiger partial charge on any atom is 0.138 e. The molecule has 0 bridgehead atoms. The summed E-state index contributed by atoms with van der Waals surface area (Å²) in [5, 5.41) is 8.66. The molecule has 0 aliphatic carbocycles. The number of nitrogens with zero attached hydrogens (tertiary/aromatic N) is 2. The van der Waals surface area contributed by atoms with E-state index in [-0.39, 0.29) is 11.2 Å². The fourth-order valence-electron chi connectivity index (χ4n) is 8.37. The molecule has 2 heterocycles. The van der Waals surface area contributed by atoms with Gasteiger partial charge in [0.15, 0.2) is 0 Å². The van der Waals surface area contributed by atoms with Crippen LogP contribution >= 0.6 is 23.5 Å². The van der Waals surface area contributed by atoms with Gasteiger partial charge in [0.2, 0.25) is 0 Å². The van der Waals surface area contributed by atoms with Crippen LogP contribution in [0.15, 0.2) is 147 Å². The lowest BCUT2D eigenvalue weighted by molar-refractivity contribution is 0.410. The SMILES string of the molecule is CC(C)c1cccc2c1Sc1c(ccc3c(F)c4ccccc4cc13)N2C.CN1c2cc3ccccc3c(CC(C)(C)C)c2Sc2ccc3ccccc3c21. The molecule has 2 aliphatic rings. The summed E-state index contributed by atoms with van der Waals surface area (Å²) in [7, 11) is 4.32. The topological polar surface area (TPSA) is 6.48 Å². The molecule has 0 saturated carbocycles. The number of hydrogen-bond acceptors (Lipinski definition) is 4. The van der Waals surface area contributed by atoms with Gasteiger partial charge in [-0.2, -0.15) is 0 Å². The van der Waals surface area contributed by atoms with E-state index in [1.165, 1.54) is 64.4 Å². The van der Waals surface area contributed by atoms with Gasteiger partial charge in [-0.3, -0.25) is 0 Å². The van der Waals surface area contributed by atoms with Crippen LogP contribution in [-0.4, -0.2) is 14.1 Å². The van der Waals surface area contributed by atoms with Crippen LogP contribution in [-0.2, 0) is 6.42 Å². The molecule has 0 N–H and O–H groups in total. The molecule has 8 aromatic rings. The van der Waals surface area contributed by atoms with Crippen LogP contribution in [0, 0.1) is 11.2 Å². The standard InChI is InChI=1S/C26H25NS.C24H20FNS/c1-26(2,3)16-21-19-11-7-6-10-18(19)15-22-25(21)28-23-14-13-17-9-5-8-12-20(17)24(23)27(22)4;1-14(2)16-9-6-10-20-23(16)27-24-19-13-15-7-4-5-8-17(15)22(25)18(19)11-12-21(24)26(20)3/h5-15H,16H2,1-4H3;4-14H,1-3H3. The van der Waals surface area contributed by atoms with Crippen molar-refractivity contribution in [1.82, 2.24) is 0 Å². The normalized spacial score (nSPS) is 13.5. The van der Waals surface area contributed by atoms with Crippen molar-refractivity contribution >= 4 is 89.4 Å². The van der Waals surface area contributed by atoms with Crippen LogP contribution in [0.5, 0.6) is 0 Å². The summed E-state index contributed by atoms with van der Waals surface area (Å²) in [5.74, 6) is 0.312. The lowest BCUT2D eigenvalue weighted by Crippen LogP contribution is -2.18. The zero-order valence-corrected chi connectivity index (χ0v) is 34.1. The van der Waals surface area contributed by atoms with Crippen molar-refractivity contribution in [3.63, 3.8) is 0 Å². The Kier molecular flexibility index (Phi) is 8.86. The number of benzene rings is 8. The van der Waals surface area contributed by atoms with E-state index in [9.17, 15) is 0 Å². The van der Waals surface area contributed by atoms with E-state index in [0.717, 1.165) is 27.8 Å². The highest BCUT2D eigenvalue weighted by Gasteiger charge is 2.29. The molecule has 2 aliphatic heterocycles. The molecule has 0 atom stereocenters. The van der Waals surface area contributed by atoms with Crippen molar-refractivity contribution < 1.29 is 4.39 Å². The number of hydrogen-bond donors (Lipinski definition) is 0. The van der Waals surface area contributed by atoms with Crippen molar-refractivity contribution in [1.29, 1.82) is 0 Å². The first-order valence-electron chi connectivity index (χ1n) is 19.1. The number of rotatable bonds is 2. The van der Waals surface area contributed by atoms with Crippen molar-refractivity contribution in [3.05, 3.63) is 144 Å². The average Bonchev–Trinajstić information content (AvgIpc) is 3.18. The maximum atomic E-state index is 15.2. The van der Waals surface area contributed by atoms with Gasteiger partial charge in [0.05, 0.1) is 22.7 Å². The zero-order chi connectivity index (χ0) is 38.2. The Balaban J connectivity index is 0.000000144. The molecular formula is C50H45FN2S2. The molecule has 10 rings (SSSR count). The highest BCUT2D eigenvalue weighted by Crippen LogP contribution is 2.55. The number of anilines is 4. The summed E-state index contributed by atoms with van der Waals surface area (Å²) in [6.07, 6.45) is 1.07. The van der Waals surface area contributed by atoms with Gasteiger partial charge in [0.25, 0.3) is 0 Å².